The van der Waals surface area contributed by atoms with Crippen LogP contribution in [-0.4, -0.2) is 30.1 Å². The standard InChI is InChI=1S/C12H16N2O3/c1-2-13-8-11(15)14-7-9-3-5-10(6-4-9)12(16)17/h3-6,13H,2,7-8H2,1H3,(H,14,15)(H,16,17). The van der Waals surface area contributed by atoms with Crippen LogP contribution in [-0.2, 0) is 11.3 Å². The van der Waals surface area contributed by atoms with E-state index in [1.165, 1.54) is 12.1 Å². The van der Waals surface area contributed by atoms with E-state index in [0.717, 1.165) is 12.1 Å². The summed E-state index contributed by atoms with van der Waals surface area (Å²) in [5.41, 5.74) is 1.12. The first-order valence-electron chi connectivity index (χ1n) is 5.43. The third-order valence-corrected chi connectivity index (χ3v) is 2.23. The van der Waals surface area contributed by atoms with Crippen molar-refractivity contribution in [3.63, 3.8) is 0 Å². The molecule has 5 heteroatoms. The van der Waals surface area contributed by atoms with E-state index in [9.17, 15) is 9.59 Å². The molecule has 0 spiro atoms. The quantitative estimate of drug-likeness (QED) is 0.676. The van der Waals surface area contributed by atoms with Gasteiger partial charge in [-0.15, -0.1) is 0 Å². The van der Waals surface area contributed by atoms with Crippen molar-refractivity contribution in [3.8, 4) is 0 Å². The Bertz CT molecular complexity index is 387. The number of hydrogen-bond acceptors (Lipinski definition) is 3. The fraction of sp³-hybridized carbons (Fsp3) is 0.333. The van der Waals surface area contributed by atoms with Gasteiger partial charge in [-0.1, -0.05) is 19.1 Å². The Morgan fingerprint density at radius 1 is 1.24 bits per heavy atom. The number of carbonyl (C=O) groups is 2. The molecule has 0 fully saturated rings. The van der Waals surface area contributed by atoms with Gasteiger partial charge in [-0.05, 0) is 24.2 Å². The summed E-state index contributed by atoms with van der Waals surface area (Å²) in [4.78, 5) is 21.9. The molecular formula is C12H16N2O3. The molecule has 0 saturated heterocycles. The molecule has 0 heterocycles. The van der Waals surface area contributed by atoms with Gasteiger partial charge in [0.15, 0.2) is 0 Å². The van der Waals surface area contributed by atoms with Gasteiger partial charge in [-0.3, -0.25) is 4.79 Å². The molecule has 0 atom stereocenters. The molecule has 3 N–H and O–H groups in total. The van der Waals surface area contributed by atoms with E-state index in [1.54, 1.807) is 12.1 Å². The van der Waals surface area contributed by atoms with Crippen LogP contribution < -0.4 is 10.6 Å². The number of aromatic carboxylic acids is 1. The van der Waals surface area contributed by atoms with Crippen molar-refractivity contribution in [1.82, 2.24) is 10.6 Å². The molecule has 0 aromatic heterocycles. The molecule has 1 aromatic rings. The van der Waals surface area contributed by atoms with Gasteiger partial charge in [0.2, 0.25) is 5.91 Å². The van der Waals surface area contributed by atoms with Crippen LogP contribution in [0.1, 0.15) is 22.8 Å². The average Bonchev–Trinajstić information content (AvgIpc) is 2.34. The van der Waals surface area contributed by atoms with Crippen molar-refractivity contribution in [1.29, 1.82) is 0 Å². The lowest BCUT2D eigenvalue weighted by atomic mass is 10.1. The zero-order valence-corrected chi connectivity index (χ0v) is 9.69. The van der Waals surface area contributed by atoms with Gasteiger partial charge in [0, 0.05) is 6.54 Å². The van der Waals surface area contributed by atoms with Crippen LogP contribution in [0.15, 0.2) is 24.3 Å². The molecule has 17 heavy (non-hydrogen) atoms. The zero-order valence-electron chi connectivity index (χ0n) is 9.69. The molecule has 1 rings (SSSR count). The summed E-state index contributed by atoms with van der Waals surface area (Å²) < 4.78 is 0. The van der Waals surface area contributed by atoms with Gasteiger partial charge in [0.1, 0.15) is 0 Å². The van der Waals surface area contributed by atoms with E-state index in [0.29, 0.717) is 13.1 Å². The molecule has 0 bridgehead atoms. The highest BCUT2D eigenvalue weighted by Crippen LogP contribution is 2.03. The molecule has 1 amide bonds. The molecule has 0 aliphatic carbocycles. The Kier molecular flexibility index (Phi) is 5.16. The number of carboxylic acid groups (broad SMARTS) is 1. The van der Waals surface area contributed by atoms with Crippen LogP contribution >= 0.6 is 0 Å². The molecule has 0 radical (unpaired) electrons. The molecule has 0 aliphatic heterocycles. The van der Waals surface area contributed by atoms with E-state index in [4.69, 9.17) is 5.11 Å². The lowest BCUT2D eigenvalue weighted by Crippen LogP contribution is -2.33. The predicted octanol–water partition coefficient (Wildman–Crippen LogP) is 0.610. The second kappa shape index (κ2) is 6.65. The summed E-state index contributed by atoms with van der Waals surface area (Å²) in [5, 5.41) is 14.4. The molecule has 92 valence electrons. The molecular weight excluding hydrogens is 220 g/mol. The maximum absolute atomic E-state index is 11.3. The third kappa shape index (κ3) is 4.65. The van der Waals surface area contributed by atoms with E-state index in [1.807, 2.05) is 6.92 Å². The fourth-order valence-electron chi connectivity index (χ4n) is 1.27. The normalized spacial score (nSPS) is 9.94. The molecule has 0 saturated carbocycles. The van der Waals surface area contributed by atoms with E-state index in [2.05, 4.69) is 10.6 Å². The SMILES string of the molecule is CCNCC(=O)NCc1ccc(C(=O)O)cc1. The zero-order chi connectivity index (χ0) is 12.7. The van der Waals surface area contributed by atoms with Crippen molar-refractivity contribution in [3.05, 3.63) is 35.4 Å². The third-order valence-electron chi connectivity index (χ3n) is 2.23. The Hall–Kier alpha value is -1.88. The van der Waals surface area contributed by atoms with Crippen molar-refractivity contribution >= 4 is 11.9 Å². The minimum absolute atomic E-state index is 0.0749. The number of carbonyl (C=O) groups excluding carboxylic acids is 1. The Labute approximate surface area is 99.8 Å². The molecule has 0 aliphatic rings. The number of hydrogen-bond donors (Lipinski definition) is 3. The first-order valence-corrected chi connectivity index (χ1v) is 5.43. The van der Waals surface area contributed by atoms with Crippen molar-refractivity contribution < 1.29 is 14.7 Å². The Balaban J connectivity index is 2.42. The smallest absolute Gasteiger partial charge is 0.335 e. The van der Waals surface area contributed by atoms with Crippen LogP contribution in [0.5, 0.6) is 0 Å². The summed E-state index contributed by atoms with van der Waals surface area (Å²) in [5.74, 6) is -1.03. The second-order valence-corrected chi connectivity index (χ2v) is 3.56. The summed E-state index contributed by atoms with van der Waals surface area (Å²) in [6.07, 6.45) is 0. The number of carboxylic acids is 1. The maximum Gasteiger partial charge on any atom is 0.335 e. The lowest BCUT2D eigenvalue weighted by molar-refractivity contribution is -0.120. The minimum Gasteiger partial charge on any atom is -0.478 e. The first-order chi connectivity index (χ1) is 8.13. The van der Waals surface area contributed by atoms with Gasteiger partial charge in [-0.25, -0.2) is 4.79 Å². The summed E-state index contributed by atoms with van der Waals surface area (Å²) >= 11 is 0. The van der Waals surface area contributed by atoms with Crippen LogP contribution in [0.4, 0.5) is 0 Å². The van der Waals surface area contributed by atoms with Gasteiger partial charge in [0.05, 0.1) is 12.1 Å². The molecule has 5 nitrogen and oxygen atoms in total. The number of nitrogens with one attached hydrogen (secondary N) is 2. The largest absolute Gasteiger partial charge is 0.478 e. The summed E-state index contributed by atoms with van der Waals surface area (Å²) in [6, 6.07) is 6.43. The van der Waals surface area contributed by atoms with Crippen LogP contribution in [0.2, 0.25) is 0 Å². The number of benzene rings is 1. The van der Waals surface area contributed by atoms with Crippen molar-refractivity contribution in [2.24, 2.45) is 0 Å². The Morgan fingerprint density at radius 2 is 1.88 bits per heavy atom. The van der Waals surface area contributed by atoms with E-state index in [-0.39, 0.29) is 11.5 Å². The van der Waals surface area contributed by atoms with E-state index >= 15 is 0 Å². The van der Waals surface area contributed by atoms with Crippen LogP contribution in [0.25, 0.3) is 0 Å². The van der Waals surface area contributed by atoms with Crippen molar-refractivity contribution in [2.45, 2.75) is 13.5 Å². The highest BCUT2D eigenvalue weighted by molar-refractivity contribution is 5.87. The topological polar surface area (TPSA) is 78.4 Å². The number of rotatable bonds is 6. The summed E-state index contributed by atoms with van der Waals surface area (Å²) in [6.45, 7) is 3.38. The van der Waals surface area contributed by atoms with Crippen LogP contribution in [0.3, 0.4) is 0 Å². The highest BCUT2D eigenvalue weighted by atomic mass is 16.4. The van der Waals surface area contributed by atoms with Crippen LogP contribution in [0, 0.1) is 0 Å². The highest BCUT2D eigenvalue weighted by Gasteiger charge is 2.03. The van der Waals surface area contributed by atoms with Gasteiger partial charge >= 0.3 is 5.97 Å². The summed E-state index contributed by atoms with van der Waals surface area (Å²) in [7, 11) is 0. The molecule has 1 aromatic carbocycles. The van der Waals surface area contributed by atoms with Gasteiger partial charge in [0.25, 0.3) is 0 Å². The minimum atomic E-state index is -0.951. The van der Waals surface area contributed by atoms with Gasteiger partial charge < -0.3 is 15.7 Å². The fourth-order valence-corrected chi connectivity index (χ4v) is 1.27. The van der Waals surface area contributed by atoms with Gasteiger partial charge in [-0.2, -0.15) is 0 Å². The average molecular weight is 236 g/mol. The van der Waals surface area contributed by atoms with Crippen molar-refractivity contribution in [2.75, 3.05) is 13.1 Å². The second-order valence-electron chi connectivity index (χ2n) is 3.56. The number of likely N-dealkylation sites (N-methyl/N-ethyl adjacent to an activating group) is 1. The van der Waals surface area contributed by atoms with E-state index < -0.39 is 5.97 Å². The molecule has 0 unspecified atom stereocenters. The lowest BCUT2D eigenvalue weighted by Gasteiger charge is -2.05. The maximum atomic E-state index is 11.3. The predicted molar refractivity (Wildman–Crippen MR) is 63.8 cm³/mol. The monoisotopic (exact) mass is 236 g/mol. The Morgan fingerprint density at radius 3 is 2.41 bits per heavy atom. The first kappa shape index (κ1) is 13.2. The number of amides is 1.